The van der Waals surface area contributed by atoms with E-state index in [2.05, 4.69) is 0 Å². The highest BCUT2D eigenvalue weighted by molar-refractivity contribution is 5.96. The first-order chi connectivity index (χ1) is 13.8. The number of allylic oxidation sites excluding steroid dienone is 2. The van der Waals surface area contributed by atoms with Crippen molar-refractivity contribution >= 4 is 17.6 Å². The Hall–Kier alpha value is -3.01. The van der Waals surface area contributed by atoms with Crippen LogP contribution in [0.2, 0.25) is 0 Å². The fourth-order valence-corrected chi connectivity index (χ4v) is 4.09. The molecule has 0 amide bonds. The van der Waals surface area contributed by atoms with Gasteiger partial charge < -0.3 is 15.3 Å². The molecule has 1 aliphatic carbocycles. The molecule has 3 N–H and O–H groups in total. The lowest BCUT2D eigenvalue weighted by Gasteiger charge is -2.25. The van der Waals surface area contributed by atoms with E-state index in [4.69, 9.17) is 0 Å². The molecule has 0 heterocycles. The third-order valence-electron chi connectivity index (χ3n) is 5.84. The van der Waals surface area contributed by atoms with Crippen LogP contribution in [0.5, 0.6) is 5.75 Å². The van der Waals surface area contributed by atoms with E-state index in [1.54, 1.807) is 19.1 Å². The summed E-state index contributed by atoms with van der Waals surface area (Å²) in [6.07, 6.45) is 4.76. The summed E-state index contributed by atoms with van der Waals surface area (Å²) < 4.78 is 0. The molecule has 1 aliphatic rings. The molecule has 1 atom stereocenters. The largest absolute Gasteiger partial charge is 0.512 e. The molecule has 0 fully saturated rings. The second kappa shape index (κ2) is 8.56. The number of phenolic OH excluding ortho intramolecular Hbond substituents is 1. The van der Waals surface area contributed by atoms with Gasteiger partial charge in [-0.15, -0.1) is 0 Å². The number of rotatable bonds is 6. The van der Waals surface area contributed by atoms with Gasteiger partial charge in [-0.1, -0.05) is 38.1 Å². The van der Waals surface area contributed by atoms with Crippen molar-refractivity contribution in [1.82, 2.24) is 0 Å². The number of aliphatic carboxylic acids is 1. The van der Waals surface area contributed by atoms with Gasteiger partial charge in [0.05, 0.1) is 5.76 Å². The van der Waals surface area contributed by atoms with Crippen molar-refractivity contribution in [2.45, 2.75) is 46.5 Å². The van der Waals surface area contributed by atoms with Crippen LogP contribution in [0.3, 0.4) is 0 Å². The van der Waals surface area contributed by atoms with Crippen molar-refractivity contribution in [2.75, 3.05) is 0 Å². The van der Waals surface area contributed by atoms with Crippen LogP contribution in [0.25, 0.3) is 11.6 Å². The van der Waals surface area contributed by atoms with Crippen LogP contribution in [0.15, 0.2) is 47.7 Å². The topological polar surface area (TPSA) is 77.8 Å². The molecular formula is C25H28O4. The summed E-state index contributed by atoms with van der Waals surface area (Å²) in [6, 6.07) is 11.2. The van der Waals surface area contributed by atoms with Crippen LogP contribution < -0.4 is 0 Å². The fraction of sp³-hybridized carbons (Fsp3) is 0.320. The smallest absolute Gasteiger partial charge is 0.331 e. The zero-order chi connectivity index (χ0) is 21.1. The Kier molecular flexibility index (Phi) is 6.12. The molecule has 4 nitrogen and oxygen atoms in total. The van der Waals surface area contributed by atoms with Crippen molar-refractivity contribution < 1.29 is 20.1 Å². The predicted octanol–water partition coefficient (Wildman–Crippen LogP) is 5.54. The van der Waals surface area contributed by atoms with Crippen molar-refractivity contribution in [3.05, 3.63) is 75.5 Å². The Morgan fingerprint density at radius 2 is 1.76 bits per heavy atom. The molecule has 2 aromatic rings. The first kappa shape index (κ1) is 20.7. The zero-order valence-electron chi connectivity index (χ0n) is 17.2. The summed E-state index contributed by atoms with van der Waals surface area (Å²) in [6.45, 7) is 5.66. The molecule has 29 heavy (non-hydrogen) atoms. The lowest BCUT2D eigenvalue weighted by atomic mass is 9.80. The average molecular weight is 392 g/mol. The number of carboxylic acids is 1. The summed E-state index contributed by atoms with van der Waals surface area (Å²) >= 11 is 0. The van der Waals surface area contributed by atoms with Crippen LogP contribution >= 0.6 is 0 Å². The quantitative estimate of drug-likeness (QED) is 0.564. The van der Waals surface area contributed by atoms with Crippen LogP contribution in [-0.4, -0.2) is 21.3 Å². The summed E-state index contributed by atoms with van der Waals surface area (Å²) in [4.78, 5) is 11.7. The predicted molar refractivity (Wildman–Crippen MR) is 116 cm³/mol. The maximum absolute atomic E-state index is 11.7. The number of benzene rings is 2. The SMILES string of the molecule is CC/C(=C(/C)C(=O)O)c1ccc2c(c1CCc1ccc(O)cc1)CC(C)C(O)=C2. The van der Waals surface area contributed by atoms with E-state index in [9.17, 15) is 20.1 Å². The van der Waals surface area contributed by atoms with Crippen molar-refractivity contribution in [3.8, 4) is 5.75 Å². The molecule has 4 heteroatoms. The van der Waals surface area contributed by atoms with Gasteiger partial charge in [-0.3, -0.25) is 0 Å². The number of phenols is 1. The Morgan fingerprint density at radius 1 is 1.07 bits per heavy atom. The van der Waals surface area contributed by atoms with E-state index in [1.165, 1.54) is 5.56 Å². The first-order valence-electron chi connectivity index (χ1n) is 10.1. The van der Waals surface area contributed by atoms with Gasteiger partial charge in [-0.05, 0) is 84.2 Å². The highest BCUT2D eigenvalue weighted by atomic mass is 16.4. The Bertz CT molecular complexity index is 981. The van der Waals surface area contributed by atoms with Gasteiger partial charge in [0.2, 0.25) is 0 Å². The molecule has 0 bridgehead atoms. The Labute approximate surface area is 171 Å². The minimum Gasteiger partial charge on any atom is -0.512 e. The van der Waals surface area contributed by atoms with Gasteiger partial charge in [0, 0.05) is 11.5 Å². The third-order valence-corrected chi connectivity index (χ3v) is 5.84. The summed E-state index contributed by atoms with van der Waals surface area (Å²) in [5, 5.41) is 29.3. The lowest BCUT2D eigenvalue weighted by molar-refractivity contribution is -0.132. The van der Waals surface area contributed by atoms with Gasteiger partial charge in [0.25, 0.3) is 0 Å². The third kappa shape index (κ3) is 4.37. The fourth-order valence-electron chi connectivity index (χ4n) is 4.09. The van der Waals surface area contributed by atoms with Crippen molar-refractivity contribution in [2.24, 2.45) is 5.92 Å². The minimum atomic E-state index is -0.894. The second-order valence-corrected chi connectivity index (χ2v) is 7.76. The zero-order valence-corrected chi connectivity index (χ0v) is 17.2. The molecule has 3 rings (SSSR count). The number of fused-ring (bicyclic) bond motifs is 1. The van der Waals surface area contributed by atoms with Crippen LogP contribution in [0.4, 0.5) is 0 Å². The van der Waals surface area contributed by atoms with Crippen molar-refractivity contribution in [3.63, 3.8) is 0 Å². The van der Waals surface area contributed by atoms with Crippen LogP contribution in [-0.2, 0) is 24.1 Å². The molecular weight excluding hydrogens is 364 g/mol. The number of hydrogen-bond donors (Lipinski definition) is 3. The number of carboxylic acid groups (broad SMARTS) is 1. The van der Waals surface area contributed by atoms with Gasteiger partial charge in [-0.2, -0.15) is 0 Å². The number of aliphatic hydroxyl groups is 1. The summed E-state index contributed by atoms with van der Waals surface area (Å²) in [5.41, 5.74) is 6.69. The molecule has 1 unspecified atom stereocenters. The lowest BCUT2D eigenvalue weighted by Crippen LogP contribution is -2.14. The summed E-state index contributed by atoms with van der Waals surface area (Å²) in [5.74, 6) is -0.216. The molecule has 152 valence electrons. The molecule has 0 radical (unpaired) electrons. The van der Waals surface area contributed by atoms with Crippen LogP contribution in [0, 0.1) is 5.92 Å². The Balaban J connectivity index is 2.11. The first-order valence-corrected chi connectivity index (χ1v) is 10.1. The molecule has 0 spiro atoms. The highest BCUT2D eigenvalue weighted by Gasteiger charge is 2.23. The minimum absolute atomic E-state index is 0.0415. The maximum Gasteiger partial charge on any atom is 0.331 e. The maximum atomic E-state index is 11.7. The van der Waals surface area contributed by atoms with Crippen molar-refractivity contribution in [1.29, 1.82) is 0 Å². The number of carbonyl (C=O) groups is 1. The number of aliphatic hydroxyl groups excluding tert-OH is 1. The average Bonchev–Trinajstić information content (AvgIpc) is 2.69. The normalized spacial score (nSPS) is 16.7. The van der Waals surface area contributed by atoms with Gasteiger partial charge in [0.15, 0.2) is 0 Å². The standard InChI is InChI=1S/C25H28O4/c1-4-20(16(3)25(28)29)21-12-8-18-14-24(27)15(2)13-23(18)22(21)11-7-17-5-9-19(26)10-6-17/h5-6,8-10,12,14-15,26-27H,4,7,11,13H2,1-3H3,(H,28,29)/b20-16+. The van der Waals surface area contributed by atoms with Gasteiger partial charge in [-0.25, -0.2) is 4.79 Å². The van der Waals surface area contributed by atoms with E-state index in [1.807, 2.05) is 44.2 Å². The molecule has 2 aromatic carbocycles. The Morgan fingerprint density at radius 3 is 2.38 bits per heavy atom. The molecule has 0 aromatic heterocycles. The van der Waals surface area contributed by atoms with E-state index in [0.29, 0.717) is 17.8 Å². The van der Waals surface area contributed by atoms with Gasteiger partial charge >= 0.3 is 5.97 Å². The molecule has 0 aliphatic heterocycles. The number of hydrogen-bond acceptors (Lipinski definition) is 3. The van der Waals surface area contributed by atoms with E-state index in [0.717, 1.165) is 47.1 Å². The highest BCUT2D eigenvalue weighted by Crippen LogP contribution is 2.36. The number of aryl methyl sites for hydroxylation is 1. The molecule has 0 saturated carbocycles. The number of aromatic hydroxyl groups is 1. The second-order valence-electron chi connectivity index (χ2n) is 7.76. The van der Waals surface area contributed by atoms with E-state index < -0.39 is 5.97 Å². The van der Waals surface area contributed by atoms with Gasteiger partial charge in [0.1, 0.15) is 5.75 Å². The summed E-state index contributed by atoms with van der Waals surface area (Å²) in [7, 11) is 0. The van der Waals surface area contributed by atoms with E-state index >= 15 is 0 Å². The van der Waals surface area contributed by atoms with Crippen LogP contribution in [0.1, 0.15) is 55.0 Å². The monoisotopic (exact) mass is 392 g/mol. The van der Waals surface area contributed by atoms with E-state index in [-0.39, 0.29) is 11.7 Å². The molecule has 0 saturated heterocycles.